The van der Waals surface area contributed by atoms with Crippen LogP contribution in [0.4, 0.5) is 0 Å². The third kappa shape index (κ3) is 11.1. The summed E-state index contributed by atoms with van der Waals surface area (Å²) in [7, 11) is 1.07. The summed E-state index contributed by atoms with van der Waals surface area (Å²) in [5, 5.41) is 0. The van der Waals surface area contributed by atoms with E-state index in [1.54, 1.807) is 12.2 Å². The van der Waals surface area contributed by atoms with Crippen LogP contribution in [-0.4, -0.2) is 19.7 Å². The number of rotatable bonds is 7. The summed E-state index contributed by atoms with van der Waals surface area (Å²) >= 11 is 0. The SMILES string of the molecule is COC(=O)CCC[C@@H](C)C#C/C=C/COP=O. The van der Waals surface area contributed by atoms with Crippen molar-refractivity contribution < 1.29 is 18.6 Å². The topological polar surface area (TPSA) is 52.6 Å². The van der Waals surface area contributed by atoms with Crippen molar-refractivity contribution in [2.45, 2.75) is 26.2 Å². The Morgan fingerprint density at radius 3 is 2.94 bits per heavy atom. The van der Waals surface area contributed by atoms with E-state index < -0.39 is 0 Å². The van der Waals surface area contributed by atoms with Crippen molar-refractivity contribution in [3.05, 3.63) is 12.2 Å². The molecular formula is C12H17O4P. The Balaban J connectivity index is 3.67. The van der Waals surface area contributed by atoms with E-state index in [9.17, 15) is 9.36 Å². The average molecular weight is 256 g/mol. The molecule has 0 aromatic carbocycles. The van der Waals surface area contributed by atoms with Gasteiger partial charge in [-0.3, -0.25) is 9.32 Å². The summed E-state index contributed by atoms with van der Waals surface area (Å²) in [4.78, 5) is 10.8. The van der Waals surface area contributed by atoms with Gasteiger partial charge in [0, 0.05) is 12.3 Å². The normalized spacial score (nSPS) is 12.1. The Kier molecular flexibility index (Phi) is 10.5. The third-order valence-corrected chi connectivity index (χ3v) is 2.25. The lowest BCUT2D eigenvalue weighted by Crippen LogP contribution is -2.01. The minimum atomic E-state index is -0.321. The number of methoxy groups -OCH3 is 1. The molecule has 0 rings (SSSR count). The molecule has 0 saturated heterocycles. The molecule has 0 aromatic heterocycles. The van der Waals surface area contributed by atoms with Gasteiger partial charge in [0.15, 0.2) is 0 Å². The molecule has 4 nitrogen and oxygen atoms in total. The van der Waals surface area contributed by atoms with Gasteiger partial charge in [0.25, 0.3) is 0 Å². The van der Waals surface area contributed by atoms with Crippen molar-refractivity contribution in [1.29, 1.82) is 0 Å². The fraction of sp³-hybridized carbons (Fsp3) is 0.583. The van der Waals surface area contributed by atoms with E-state index in [-0.39, 0.29) is 27.2 Å². The van der Waals surface area contributed by atoms with E-state index in [1.807, 2.05) is 6.92 Å². The highest BCUT2D eigenvalue weighted by atomic mass is 31.1. The number of carbonyl (C=O) groups excluding carboxylic acids is 1. The lowest BCUT2D eigenvalue weighted by Gasteiger charge is -2.02. The summed E-state index contributed by atoms with van der Waals surface area (Å²) in [6, 6.07) is 0. The Morgan fingerprint density at radius 2 is 2.29 bits per heavy atom. The fourth-order valence-corrected chi connectivity index (χ4v) is 1.24. The highest BCUT2D eigenvalue weighted by Gasteiger charge is 2.02. The van der Waals surface area contributed by atoms with Gasteiger partial charge >= 0.3 is 14.7 Å². The second-order valence-electron chi connectivity index (χ2n) is 3.43. The van der Waals surface area contributed by atoms with Crippen LogP contribution in [0.5, 0.6) is 0 Å². The van der Waals surface area contributed by atoms with Crippen LogP contribution < -0.4 is 0 Å². The summed E-state index contributed by atoms with van der Waals surface area (Å²) in [5.74, 6) is 5.95. The minimum Gasteiger partial charge on any atom is -0.469 e. The number of allylic oxidation sites excluding steroid dienone is 1. The standard InChI is InChI=1S/C12H17O4P/c1-11(8-6-9-12(13)15-2)7-4-3-5-10-16-17-14/h3,5,11H,6,8-10H2,1-2H3/b5-3+/t11-/m0/s1. The van der Waals surface area contributed by atoms with E-state index in [1.165, 1.54) is 7.11 Å². The van der Waals surface area contributed by atoms with E-state index in [2.05, 4.69) is 21.1 Å². The van der Waals surface area contributed by atoms with Crippen LogP contribution in [0.2, 0.25) is 0 Å². The van der Waals surface area contributed by atoms with Crippen LogP contribution in [0.25, 0.3) is 0 Å². The minimum absolute atomic E-state index is 0.181. The summed E-state index contributed by atoms with van der Waals surface area (Å²) in [6.45, 7) is 2.29. The first-order valence-corrected chi connectivity index (χ1v) is 6.11. The molecule has 94 valence electrons. The lowest BCUT2D eigenvalue weighted by molar-refractivity contribution is -0.140. The predicted octanol–water partition coefficient (Wildman–Crippen LogP) is 2.75. The number of carbonyl (C=O) groups is 1. The number of ether oxygens (including phenoxy) is 1. The lowest BCUT2D eigenvalue weighted by atomic mass is 10.0. The van der Waals surface area contributed by atoms with E-state index in [0.29, 0.717) is 6.42 Å². The zero-order chi connectivity index (χ0) is 12.9. The maximum atomic E-state index is 10.8. The molecule has 0 aromatic rings. The molecule has 0 aliphatic heterocycles. The molecule has 0 amide bonds. The zero-order valence-corrected chi connectivity index (χ0v) is 11.0. The average Bonchev–Trinajstić information content (AvgIpc) is 2.33. The molecule has 0 fully saturated rings. The van der Waals surface area contributed by atoms with Crippen LogP contribution in [0.15, 0.2) is 12.2 Å². The number of hydrogen-bond acceptors (Lipinski definition) is 4. The molecule has 0 spiro atoms. The van der Waals surface area contributed by atoms with Crippen molar-refractivity contribution in [3.8, 4) is 11.8 Å². The van der Waals surface area contributed by atoms with E-state index in [4.69, 9.17) is 0 Å². The molecule has 17 heavy (non-hydrogen) atoms. The van der Waals surface area contributed by atoms with Gasteiger partial charge in [0.05, 0.1) is 13.7 Å². The van der Waals surface area contributed by atoms with Gasteiger partial charge in [0.1, 0.15) is 0 Å². The molecule has 0 aliphatic carbocycles. The maximum absolute atomic E-state index is 10.8. The molecule has 0 heterocycles. The first kappa shape index (κ1) is 15.8. The monoisotopic (exact) mass is 256 g/mol. The first-order valence-electron chi connectivity index (χ1n) is 5.38. The number of esters is 1. The van der Waals surface area contributed by atoms with Crippen LogP contribution in [0.3, 0.4) is 0 Å². The molecular weight excluding hydrogens is 239 g/mol. The van der Waals surface area contributed by atoms with Crippen LogP contribution in [0.1, 0.15) is 26.2 Å². The van der Waals surface area contributed by atoms with Gasteiger partial charge in [-0.05, 0) is 25.0 Å². The fourth-order valence-electron chi connectivity index (χ4n) is 1.10. The second-order valence-corrected chi connectivity index (χ2v) is 3.84. The molecule has 0 aliphatic rings. The van der Waals surface area contributed by atoms with E-state index >= 15 is 0 Å². The number of hydrogen-bond donors (Lipinski definition) is 0. The highest BCUT2D eigenvalue weighted by molar-refractivity contribution is 7.17. The van der Waals surface area contributed by atoms with Gasteiger partial charge < -0.3 is 4.74 Å². The van der Waals surface area contributed by atoms with E-state index in [0.717, 1.165) is 12.8 Å². The van der Waals surface area contributed by atoms with Crippen molar-refractivity contribution in [2.24, 2.45) is 5.92 Å². The zero-order valence-electron chi connectivity index (χ0n) is 10.1. The first-order chi connectivity index (χ1) is 8.20. The Hall–Kier alpha value is -1.17. The molecule has 0 radical (unpaired) electrons. The van der Waals surface area contributed by atoms with Crippen molar-refractivity contribution in [3.63, 3.8) is 0 Å². The summed E-state index contributed by atoms with van der Waals surface area (Å²) in [5.41, 5.74) is 0. The third-order valence-electron chi connectivity index (χ3n) is 2.00. The Morgan fingerprint density at radius 1 is 1.53 bits per heavy atom. The highest BCUT2D eigenvalue weighted by Crippen LogP contribution is 2.06. The quantitative estimate of drug-likeness (QED) is 0.304. The molecule has 0 unspecified atom stereocenters. The Labute approximate surface area is 104 Å². The van der Waals surface area contributed by atoms with Gasteiger partial charge in [0.2, 0.25) is 0 Å². The van der Waals surface area contributed by atoms with Crippen molar-refractivity contribution in [1.82, 2.24) is 0 Å². The predicted molar refractivity (Wildman–Crippen MR) is 65.5 cm³/mol. The van der Waals surface area contributed by atoms with Crippen LogP contribution in [-0.2, 0) is 18.6 Å². The second kappa shape index (κ2) is 11.3. The molecule has 1 atom stereocenters. The smallest absolute Gasteiger partial charge is 0.327 e. The largest absolute Gasteiger partial charge is 0.469 e. The van der Waals surface area contributed by atoms with Gasteiger partial charge in [-0.25, -0.2) is 4.57 Å². The molecule has 0 bridgehead atoms. The molecule has 0 saturated carbocycles. The molecule has 5 heteroatoms. The van der Waals surface area contributed by atoms with Gasteiger partial charge in [-0.15, -0.1) is 0 Å². The van der Waals surface area contributed by atoms with Gasteiger partial charge in [-0.1, -0.05) is 18.8 Å². The molecule has 0 N–H and O–H groups in total. The van der Waals surface area contributed by atoms with Crippen LogP contribution in [0, 0.1) is 17.8 Å². The van der Waals surface area contributed by atoms with Crippen molar-refractivity contribution in [2.75, 3.05) is 13.7 Å². The van der Waals surface area contributed by atoms with Crippen molar-refractivity contribution >= 4 is 14.7 Å². The maximum Gasteiger partial charge on any atom is 0.327 e. The summed E-state index contributed by atoms with van der Waals surface area (Å²) < 4.78 is 19.0. The van der Waals surface area contributed by atoms with Crippen LogP contribution >= 0.6 is 8.69 Å². The summed E-state index contributed by atoms with van der Waals surface area (Å²) in [6.07, 6.45) is 5.45. The Bertz CT molecular complexity index is 314. The van der Waals surface area contributed by atoms with Gasteiger partial charge in [-0.2, -0.15) is 0 Å².